The number of halogens is 3. The summed E-state index contributed by atoms with van der Waals surface area (Å²) in [7, 11) is 0. The third kappa shape index (κ3) is 8.81. The summed E-state index contributed by atoms with van der Waals surface area (Å²) in [6, 6.07) is 0. The third-order valence-corrected chi connectivity index (χ3v) is 3.57. The van der Waals surface area contributed by atoms with Crippen molar-refractivity contribution < 1.29 is 32.2 Å². The molecule has 4 nitrogen and oxygen atoms in total. The Morgan fingerprint density at radius 1 is 1.00 bits per heavy atom. The van der Waals surface area contributed by atoms with E-state index in [1.54, 1.807) is 6.92 Å². The summed E-state index contributed by atoms with van der Waals surface area (Å²) >= 11 is 0. The van der Waals surface area contributed by atoms with Gasteiger partial charge in [0.1, 0.15) is 6.61 Å². The van der Waals surface area contributed by atoms with Crippen molar-refractivity contribution in [3.8, 4) is 0 Å². The Morgan fingerprint density at radius 2 is 1.52 bits per heavy atom. The van der Waals surface area contributed by atoms with E-state index in [0.717, 1.165) is 0 Å². The summed E-state index contributed by atoms with van der Waals surface area (Å²) in [5.74, 6) is -1.48. The minimum atomic E-state index is -4.56. The molecule has 0 N–H and O–H groups in total. The third-order valence-electron chi connectivity index (χ3n) is 3.57. The first kappa shape index (κ1) is 21.7. The van der Waals surface area contributed by atoms with Gasteiger partial charge in [-0.05, 0) is 24.7 Å². The Balaban J connectivity index is 4.48. The van der Waals surface area contributed by atoms with Crippen molar-refractivity contribution in [3.63, 3.8) is 0 Å². The van der Waals surface area contributed by atoms with Gasteiger partial charge in [0.2, 0.25) is 0 Å². The average Bonchev–Trinajstić information content (AvgIpc) is 2.33. The summed E-state index contributed by atoms with van der Waals surface area (Å²) in [6.07, 6.45) is -4.37. The molecule has 0 spiro atoms. The van der Waals surface area contributed by atoms with Crippen molar-refractivity contribution in [2.24, 2.45) is 16.7 Å². The molecule has 0 aliphatic heterocycles. The van der Waals surface area contributed by atoms with E-state index in [0.29, 0.717) is 6.42 Å². The van der Waals surface area contributed by atoms with Gasteiger partial charge in [-0.25, -0.2) is 0 Å². The van der Waals surface area contributed by atoms with Crippen molar-refractivity contribution in [2.45, 2.75) is 60.6 Å². The van der Waals surface area contributed by atoms with E-state index < -0.39 is 36.6 Å². The zero-order valence-corrected chi connectivity index (χ0v) is 14.7. The topological polar surface area (TPSA) is 52.6 Å². The maximum atomic E-state index is 12.3. The lowest BCUT2D eigenvalue weighted by atomic mass is 9.69. The number of hydrogen-bond donors (Lipinski definition) is 0. The van der Waals surface area contributed by atoms with E-state index in [4.69, 9.17) is 4.74 Å². The lowest BCUT2D eigenvalue weighted by molar-refractivity contribution is -0.187. The van der Waals surface area contributed by atoms with Gasteiger partial charge < -0.3 is 9.47 Å². The van der Waals surface area contributed by atoms with Crippen LogP contribution in [0.25, 0.3) is 0 Å². The molecular weight excluding hydrogens is 313 g/mol. The molecule has 0 aliphatic rings. The molecule has 1 atom stereocenters. The highest BCUT2D eigenvalue weighted by atomic mass is 19.4. The Kier molecular flexibility index (Phi) is 7.57. The SMILES string of the molecule is CC(C)C(C)(CC(C)(C)C)C(=O)OCCC(=O)OCC(F)(F)F. The molecule has 0 radical (unpaired) electrons. The zero-order chi connectivity index (χ0) is 18.5. The normalized spacial score (nSPS) is 15.2. The molecule has 136 valence electrons. The van der Waals surface area contributed by atoms with Gasteiger partial charge in [0.25, 0.3) is 0 Å². The standard InChI is InChI=1S/C16H27F3O4/c1-11(2)15(6,9-14(3,4)5)13(21)22-8-7-12(20)23-10-16(17,18)19/h11H,7-10H2,1-6H3. The van der Waals surface area contributed by atoms with E-state index in [9.17, 15) is 22.8 Å². The van der Waals surface area contributed by atoms with Crippen LogP contribution in [-0.2, 0) is 19.1 Å². The lowest BCUT2D eigenvalue weighted by Gasteiger charge is -2.36. The summed E-state index contributed by atoms with van der Waals surface area (Å²) < 4.78 is 44.9. The fourth-order valence-electron chi connectivity index (χ4n) is 2.24. The molecule has 0 heterocycles. The van der Waals surface area contributed by atoms with Crippen LogP contribution in [0.1, 0.15) is 54.4 Å². The molecule has 0 saturated carbocycles. The molecular formula is C16H27F3O4. The van der Waals surface area contributed by atoms with Gasteiger partial charge in [0.15, 0.2) is 6.61 Å². The zero-order valence-electron chi connectivity index (χ0n) is 14.7. The maximum Gasteiger partial charge on any atom is 0.422 e. The molecule has 0 bridgehead atoms. The van der Waals surface area contributed by atoms with E-state index in [1.807, 2.05) is 34.6 Å². The fourth-order valence-corrected chi connectivity index (χ4v) is 2.24. The smallest absolute Gasteiger partial charge is 0.422 e. The van der Waals surface area contributed by atoms with Crippen LogP contribution in [0.4, 0.5) is 13.2 Å². The van der Waals surface area contributed by atoms with Crippen molar-refractivity contribution >= 4 is 11.9 Å². The van der Waals surface area contributed by atoms with Crippen molar-refractivity contribution in [3.05, 3.63) is 0 Å². The van der Waals surface area contributed by atoms with Gasteiger partial charge in [0.05, 0.1) is 11.8 Å². The molecule has 0 amide bonds. The fraction of sp³-hybridized carbons (Fsp3) is 0.875. The number of esters is 2. The van der Waals surface area contributed by atoms with Crippen LogP contribution >= 0.6 is 0 Å². The molecule has 0 aromatic rings. The summed E-state index contributed by atoms with van der Waals surface area (Å²) in [5, 5.41) is 0. The quantitative estimate of drug-likeness (QED) is 0.654. The molecule has 0 rings (SSSR count). The van der Waals surface area contributed by atoms with E-state index >= 15 is 0 Å². The van der Waals surface area contributed by atoms with Gasteiger partial charge in [-0.1, -0.05) is 34.6 Å². The molecule has 1 unspecified atom stereocenters. The molecule has 0 aliphatic carbocycles. The maximum absolute atomic E-state index is 12.3. The van der Waals surface area contributed by atoms with Crippen molar-refractivity contribution in [1.29, 1.82) is 0 Å². The first-order chi connectivity index (χ1) is 10.2. The molecule has 7 heteroatoms. The van der Waals surface area contributed by atoms with Crippen LogP contribution in [0.2, 0.25) is 0 Å². The van der Waals surface area contributed by atoms with E-state index in [-0.39, 0.29) is 17.9 Å². The highest BCUT2D eigenvalue weighted by molar-refractivity contribution is 5.77. The van der Waals surface area contributed by atoms with Crippen LogP contribution in [-0.4, -0.2) is 31.3 Å². The van der Waals surface area contributed by atoms with Gasteiger partial charge in [-0.15, -0.1) is 0 Å². The number of carbonyl (C=O) groups excluding carboxylic acids is 2. The van der Waals surface area contributed by atoms with Crippen LogP contribution in [0.5, 0.6) is 0 Å². The largest absolute Gasteiger partial charge is 0.465 e. The first-order valence-corrected chi connectivity index (χ1v) is 7.57. The Labute approximate surface area is 135 Å². The molecule has 0 saturated heterocycles. The van der Waals surface area contributed by atoms with Gasteiger partial charge in [0, 0.05) is 0 Å². The average molecular weight is 340 g/mol. The monoisotopic (exact) mass is 340 g/mol. The van der Waals surface area contributed by atoms with Crippen molar-refractivity contribution in [1.82, 2.24) is 0 Å². The summed E-state index contributed by atoms with van der Waals surface area (Å²) in [5.41, 5.74) is -0.822. The number of carbonyl (C=O) groups is 2. The van der Waals surface area contributed by atoms with Crippen molar-refractivity contribution in [2.75, 3.05) is 13.2 Å². The first-order valence-electron chi connectivity index (χ1n) is 7.57. The molecule has 23 heavy (non-hydrogen) atoms. The summed E-state index contributed by atoms with van der Waals surface area (Å²) in [4.78, 5) is 23.5. The Bertz CT molecular complexity index is 411. The lowest BCUT2D eigenvalue weighted by Crippen LogP contribution is -2.38. The van der Waals surface area contributed by atoms with Crippen LogP contribution in [0, 0.1) is 16.7 Å². The van der Waals surface area contributed by atoms with E-state index in [2.05, 4.69) is 4.74 Å². The van der Waals surface area contributed by atoms with E-state index in [1.165, 1.54) is 0 Å². The second kappa shape index (κ2) is 8.02. The van der Waals surface area contributed by atoms with Crippen LogP contribution in [0.3, 0.4) is 0 Å². The van der Waals surface area contributed by atoms with Crippen LogP contribution < -0.4 is 0 Å². The number of ether oxygens (including phenoxy) is 2. The van der Waals surface area contributed by atoms with Gasteiger partial charge in [-0.2, -0.15) is 13.2 Å². The predicted molar refractivity (Wildman–Crippen MR) is 79.6 cm³/mol. The highest BCUT2D eigenvalue weighted by Crippen LogP contribution is 2.40. The van der Waals surface area contributed by atoms with Gasteiger partial charge in [-0.3, -0.25) is 9.59 Å². The number of rotatable bonds is 7. The Hall–Kier alpha value is -1.27. The number of hydrogen-bond acceptors (Lipinski definition) is 4. The second-order valence-corrected chi connectivity index (χ2v) is 7.47. The summed E-state index contributed by atoms with van der Waals surface area (Å²) in [6.45, 7) is 9.72. The molecule has 0 aromatic carbocycles. The highest BCUT2D eigenvalue weighted by Gasteiger charge is 2.41. The predicted octanol–water partition coefficient (Wildman–Crippen LogP) is 4.12. The van der Waals surface area contributed by atoms with Crippen LogP contribution in [0.15, 0.2) is 0 Å². The minimum Gasteiger partial charge on any atom is -0.465 e. The number of alkyl halides is 3. The second-order valence-electron chi connectivity index (χ2n) is 7.47. The molecule has 0 fully saturated rings. The molecule has 0 aromatic heterocycles. The Morgan fingerprint density at radius 3 is 1.91 bits per heavy atom. The van der Waals surface area contributed by atoms with Gasteiger partial charge >= 0.3 is 18.1 Å². The minimum absolute atomic E-state index is 0.0198.